The zero-order valence-electron chi connectivity index (χ0n) is 17.7. The molecule has 29 heavy (non-hydrogen) atoms. The Balaban J connectivity index is 3.28. The highest BCUT2D eigenvalue weighted by Gasteiger charge is 2.25. The van der Waals surface area contributed by atoms with E-state index < -0.39 is 30.5 Å². The maximum Gasteiger partial charge on any atom is 0.389 e. The zero-order valence-corrected chi connectivity index (χ0v) is 17.7. The lowest BCUT2D eigenvalue weighted by molar-refractivity contribution is -0.148. The Morgan fingerprint density at radius 1 is 0.621 bits per heavy atom. The maximum atomic E-state index is 12.0. The van der Waals surface area contributed by atoms with Crippen LogP contribution in [0, 0.1) is 5.92 Å². The van der Waals surface area contributed by atoms with Crippen molar-refractivity contribution in [3.63, 3.8) is 0 Å². The van der Waals surface area contributed by atoms with Crippen molar-refractivity contribution in [3.8, 4) is 0 Å². The molecule has 7 heteroatoms. The molecule has 0 rings (SSSR count). The molecule has 0 amide bonds. The smallest absolute Gasteiger partial charge is 0.389 e. The lowest BCUT2D eigenvalue weighted by Crippen LogP contribution is -2.17. The lowest BCUT2D eigenvalue weighted by Gasteiger charge is -2.09. The van der Waals surface area contributed by atoms with Gasteiger partial charge in [-0.05, 0) is 12.8 Å². The van der Waals surface area contributed by atoms with Gasteiger partial charge in [0.25, 0.3) is 0 Å². The van der Waals surface area contributed by atoms with Crippen LogP contribution in [0.4, 0.5) is 13.2 Å². The monoisotopic (exact) mass is 424 g/mol. The third-order valence-electron chi connectivity index (χ3n) is 5.28. The van der Waals surface area contributed by atoms with Gasteiger partial charge in [0.15, 0.2) is 0 Å². The molecule has 0 aromatic rings. The van der Waals surface area contributed by atoms with E-state index in [0.717, 1.165) is 44.9 Å². The number of carboxylic acid groups (broad SMARTS) is 2. The molecular weight excluding hydrogens is 385 g/mol. The number of carboxylic acids is 2. The first-order chi connectivity index (χ1) is 13.7. The summed E-state index contributed by atoms with van der Waals surface area (Å²) in [5.41, 5.74) is 0. The van der Waals surface area contributed by atoms with E-state index in [9.17, 15) is 22.8 Å². The van der Waals surface area contributed by atoms with Crippen molar-refractivity contribution in [2.75, 3.05) is 0 Å². The number of carbonyl (C=O) groups is 2. The normalized spacial score (nSPS) is 12.8. The number of alkyl halides is 3. The number of hydrogen-bond donors (Lipinski definition) is 2. The van der Waals surface area contributed by atoms with Gasteiger partial charge in [0.2, 0.25) is 0 Å². The SMILES string of the molecule is O=C(O)CC(CCCCCCCCCCCCCCCCCC(F)(F)F)C(=O)O. The molecule has 0 saturated heterocycles. The molecule has 172 valence electrons. The number of aliphatic carboxylic acids is 2. The topological polar surface area (TPSA) is 74.6 Å². The first kappa shape index (κ1) is 27.7. The molecule has 0 aliphatic rings. The molecule has 2 N–H and O–H groups in total. The van der Waals surface area contributed by atoms with E-state index in [0.29, 0.717) is 12.8 Å². The Labute approximate surface area is 173 Å². The Bertz CT molecular complexity index is 425. The highest BCUT2D eigenvalue weighted by molar-refractivity contribution is 5.77. The third-order valence-corrected chi connectivity index (χ3v) is 5.28. The van der Waals surface area contributed by atoms with Gasteiger partial charge in [0.1, 0.15) is 0 Å². The quantitative estimate of drug-likeness (QED) is 0.200. The van der Waals surface area contributed by atoms with Crippen LogP contribution < -0.4 is 0 Å². The van der Waals surface area contributed by atoms with Crippen molar-refractivity contribution >= 4 is 11.9 Å². The van der Waals surface area contributed by atoms with Crippen molar-refractivity contribution in [1.82, 2.24) is 0 Å². The van der Waals surface area contributed by atoms with Gasteiger partial charge < -0.3 is 10.2 Å². The van der Waals surface area contributed by atoms with E-state index in [-0.39, 0.29) is 12.8 Å². The second-order valence-corrected chi connectivity index (χ2v) is 8.09. The van der Waals surface area contributed by atoms with E-state index >= 15 is 0 Å². The Hall–Kier alpha value is -1.27. The predicted octanol–water partition coefficient (Wildman–Crippen LogP) is 7.36. The van der Waals surface area contributed by atoms with Crippen LogP contribution in [0.25, 0.3) is 0 Å². The molecule has 0 aliphatic carbocycles. The van der Waals surface area contributed by atoms with Crippen molar-refractivity contribution in [2.24, 2.45) is 5.92 Å². The van der Waals surface area contributed by atoms with Gasteiger partial charge in [-0.1, -0.05) is 89.9 Å². The molecule has 0 aromatic carbocycles. The lowest BCUT2D eigenvalue weighted by atomic mass is 9.97. The molecule has 0 bridgehead atoms. The van der Waals surface area contributed by atoms with Crippen LogP contribution in [0.2, 0.25) is 0 Å². The predicted molar refractivity (Wildman–Crippen MR) is 108 cm³/mol. The third kappa shape index (κ3) is 21.3. The van der Waals surface area contributed by atoms with Crippen LogP contribution in [-0.2, 0) is 9.59 Å². The molecule has 1 unspecified atom stereocenters. The van der Waals surface area contributed by atoms with Gasteiger partial charge >= 0.3 is 18.1 Å². The molecule has 0 heterocycles. The summed E-state index contributed by atoms with van der Waals surface area (Å²) in [6.45, 7) is 0. The van der Waals surface area contributed by atoms with E-state index in [1.54, 1.807) is 0 Å². The van der Waals surface area contributed by atoms with Gasteiger partial charge in [0, 0.05) is 6.42 Å². The second kappa shape index (κ2) is 17.6. The summed E-state index contributed by atoms with van der Waals surface area (Å²) in [6, 6.07) is 0. The highest BCUT2D eigenvalue weighted by atomic mass is 19.4. The first-order valence-corrected chi connectivity index (χ1v) is 11.2. The fourth-order valence-electron chi connectivity index (χ4n) is 3.54. The number of rotatable bonds is 20. The molecule has 1 atom stereocenters. The van der Waals surface area contributed by atoms with Crippen LogP contribution in [0.3, 0.4) is 0 Å². The standard InChI is InChI=1S/C22H39F3O4/c23-22(24,25)17-15-13-11-9-7-5-3-1-2-4-6-8-10-12-14-16-19(21(28)29)18-20(26)27/h19H,1-18H2,(H,26,27)(H,28,29). The zero-order chi connectivity index (χ0) is 22.0. The Morgan fingerprint density at radius 3 is 1.28 bits per heavy atom. The van der Waals surface area contributed by atoms with E-state index in [2.05, 4.69) is 0 Å². The molecule has 0 aliphatic heterocycles. The molecule has 0 spiro atoms. The minimum absolute atomic E-state index is 0.256. The van der Waals surface area contributed by atoms with Crippen molar-refractivity contribution in [1.29, 1.82) is 0 Å². The van der Waals surface area contributed by atoms with E-state index in [4.69, 9.17) is 10.2 Å². The molecule has 0 radical (unpaired) electrons. The summed E-state index contributed by atoms with van der Waals surface area (Å²) in [7, 11) is 0. The van der Waals surface area contributed by atoms with Crippen LogP contribution in [0.5, 0.6) is 0 Å². The maximum absolute atomic E-state index is 12.0. The fourth-order valence-corrected chi connectivity index (χ4v) is 3.54. The van der Waals surface area contributed by atoms with E-state index in [1.807, 2.05) is 0 Å². The van der Waals surface area contributed by atoms with Crippen molar-refractivity contribution < 1.29 is 33.0 Å². The van der Waals surface area contributed by atoms with Crippen LogP contribution in [0.1, 0.15) is 116 Å². The fraction of sp³-hybridized carbons (Fsp3) is 0.909. The Morgan fingerprint density at radius 2 is 0.966 bits per heavy atom. The minimum Gasteiger partial charge on any atom is -0.481 e. The molecule has 0 saturated carbocycles. The van der Waals surface area contributed by atoms with Gasteiger partial charge in [-0.15, -0.1) is 0 Å². The first-order valence-electron chi connectivity index (χ1n) is 11.2. The molecular formula is C22H39F3O4. The van der Waals surface area contributed by atoms with Gasteiger partial charge in [-0.25, -0.2) is 0 Å². The average Bonchev–Trinajstić information content (AvgIpc) is 2.61. The van der Waals surface area contributed by atoms with Crippen LogP contribution in [0.15, 0.2) is 0 Å². The highest BCUT2D eigenvalue weighted by Crippen LogP contribution is 2.23. The van der Waals surface area contributed by atoms with Gasteiger partial charge in [-0.2, -0.15) is 13.2 Å². The summed E-state index contributed by atoms with van der Waals surface area (Å²) in [6.07, 6.45) is 10.5. The summed E-state index contributed by atoms with van der Waals surface area (Å²) >= 11 is 0. The summed E-state index contributed by atoms with van der Waals surface area (Å²) in [5.74, 6) is -2.85. The average molecular weight is 425 g/mol. The largest absolute Gasteiger partial charge is 0.481 e. The van der Waals surface area contributed by atoms with Crippen molar-refractivity contribution in [3.05, 3.63) is 0 Å². The molecule has 0 fully saturated rings. The summed E-state index contributed by atoms with van der Waals surface area (Å²) < 4.78 is 36.0. The number of unbranched alkanes of at least 4 members (excludes halogenated alkanes) is 14. The van der Waals surface area contributed by atoms with Crippen LogP contribution in [-0.4, -0.2) is 28.3 Å². The molecule has 0 aromatic heterocycles. The minimum atomic E-state index is -4.01. The number of halogens is 3. The van der Waals surface area contributed by atoms with E-state index in [1.165, 1.54) is 38.5 Å². The van der Waals surface area contributed by atoms with Gasteiger partial charge in [0.05, 0.1) is 12.3 Å². The molecule has 4 nitrogen and oxygen atoms in total. The summed E-state index contributed by atoms with van der Waals surface area (Å²) in [5, 5.41) is 17.7. The van der Waals surface area contributed by atoms with Crippen LogP contribution >= 0.6 is 0 Å². The Kier molecular flexibility index (Phi) is 16.8. The van der Waals surface area contributed by atoms with Crippen molar-refractivity contribution in [2.45, 2.75) is 122 Å². The number of hydrogen-bond acceptors (Lipinski definition) is 2. The van der Waals surface area contributed by atoms with Gasteiger partial charge in [-0.3, -0.25) is 9.59 Å². The summed E-state index contributed by atoms with van der Waals surface area (Å²) in [4.78, 5) is 21.6. The second-order valence-electron chi connectivity index (χ2n) is 8.09.